The zero-order chi connectivity index (χ0) is 13.0. The summed E-state index contributed by atoms with van der Waals surface area (Å²) in [4.78, 5) is 13.2. The van der Waals surface area contributed by atoms with Crippen molar-refractivity contribution in [3.05, 3.63) is 22.4 Å². The molecule has 1 saturated heterocycles. The molecule has 3 N–H and O–H groups in total. The molecule has 3 atom stereocenters. The van der Waals surface area contributed by atoms with Crippen LogP contribution in [-0.2, 0) is 11.2 Å². The minimum Gasteiger partial charge on any atom is -0.392 e. The number of carbonyl (C=O) groups is 1. The van der Waals surface area contributed by atoms with Crippen LogP contribution in [-0.4, -0.2) is 36.2 Å². The molecule has 0 aromatic carbocycles. The second kappa shape index (κ2) is 7.85. The van der Waals surface area contributed by atoms with E-state index in [1.807, 2.05) is 0 Å². The zero-order valence-corrected chi connectivity index (χ0v) is 12.6. The summed E-state index contributed by atoms with van der Waals surface area (Å²) in [6.07, 6.45) is 1.13. The fourth-order valence-electron chi connectivity index (χ4n) is 2.16. The summed E-state index contributed by atoms with van der Waals surface area (Å²) in [6.45, 7) is 3.34. The summed E-state index contributed by atoms with van der Waals surface area (Å²) >= 11 is 1.75. The highest BCUT2D eigenvalue weighted by Crippen LogP contribution is 2.14. The average molecular weight is 305 g/mol. The molecular formula is C13H21ClN2O2S. The van der Waals surface area contributed by atoms with Gasteiger partial charge in [-0.05, 0) is 30.2 Å². The molecule has 0 radical (unpaired) electrons. The van der Waals surface area contributed by atoms with Crippen LogP contribution < -0.4 is 10.6 Å². The molecule has 2 heterocycles. The number of aliphatic hydroxyl groups excluding tert-OH is 1. The monoisotopic (exact) mass is 304 g/mol. The van der Waals surface area contributed by atoms with Crippen LogP contribution in [0.4, 0.5) is 0 Å². The summed E-state index contributed by atoms with van der Waals surface area (Å²) in [7, 11) is 0. The molecule has 1 amide bonds. The van der Waals surface area contributed by atoms with E-state index in [4.69, 9.17) is 0 Å². The van der Waals surface area contributed by atoms with Crippen LogP contribution in [0.15, 0.2) is 17.5 Å². The summed E-state index contributed by atoms with van der Waals surface area (Å²) in [5.41, 5.74) is 0. The molecule has 1 aliphatic heterocycles. The fraction of sp³-hybridized carbons (Fsp3) is 0.615. The largest absolute Gasteiger partial charge is 0.392 e. The number of rotatable bonds is 5. The second-order valence-electron chi connectivity index (χ2n) is 4.98. The van der Waals surface area contributed by atoms with E-state index in [2.05, 4.69) is 35.1 Å². The molecular weight excluding hydrogens is 284 g/mol. The molecule has 19 heavy (non-hydrogen) atoms. The molecule has 1 aliphatic rings. The third-order valence-electron chi connectivity index (χ3n) is 3.18. The predicted molar refractivity (Wildman–Crippen MR) is 79.9 cm³/mol. The lowest BCUT2D eigenvalue weighted by Gasteiger charge is -2.14. The third kappa shape index (κ3) is 5.10. The first kappa shape index (κ1) is 16.4. The van der Waals surface area contributed by atoms with Crippen molar-refractivity contribution in [1.29, 1.82) is 0 Å². The van der Waals surface area contributed by atoms with Gasteiger partial charge in [0.05, 0.1) is 12.1 Å². The lowest BCUT2D eigenvalue weighted by atomic mass is 10.1. The Balaban J connectivity index is 0.00000180. The lowest BCUT2D eigenvalue weighted by Crippen LogP contribution is -2.42. The van der Waals surface area contributed by atoms with Gasteiger partial charge in [-0.1, -0.05) is 13.0 Å². The standard InChI is InChI=1S/C13H20N2O2S.ClH/c1-9(5-11-3-2-4-18-11)7-15-13(17)12-6-10(16)8-14-12;/h2-4,9-10,12,14,16H,5-8H2,1H3,(H,15,17);1H. The Labute approximate surface area is 124 Å². The molecule has 4 nitrogen and oxygen atoms in total. The second-order valence-corrected chi connectivity index (χ2v) is 6.02. The van der Waals surface area contributed by atoms with Crippen LogP contribution in [0.25, 0.3) is 0 Å². The minimum atomic E-state index is -0.385. The van der Waals surface area contributed by atoms with Gasteiger partial charge in [-0.15, -0.1) is 23.7 Å². The Morgan fingerprint density at radius 1 is 1.68 bits per heavy atom. The first-order valence-electron chi connectivity index (χ1n) is 6.36. The van der Waals surface area contributed by atoms with E-state index >= 15 is 0 Å². The van der Waals surface area contributed by atoms with Gasteiger partial charge >= 0.3 is 0 Å². The highest BCUT2D eigenvalue weighted by atomic mass is 35.5. The molecule has 2 rings (SSSR count). The average Bonchev–Trinajstić information content (AvgIpc) is 2.97. The molecule has 6 heteroatoms. The van der Waals surface area contributed by atoms with Crippen molar-refractivity contribution in [3.63, 3.8) is 0 Å². The summed E-state index contributed by atoms with van der Waals surface area (Å²) in [5.74, 6) is 0.434. The van der Waals surface area contributed by atoms with E-state index in [-0.39, 0.29) is 30.5 Å². The maximum absolute atomic E-state index is 11.8. The molecule has 1 aromatic heterocycles. The highest BCUT2D eigenvalue weighted by Gasteiger charge is 2.27. The Bertz CT molecular complexity index is 386. The van der Waals surface area contributed by atoms with Crippen molar-refractivity contribution in [2.24, 2.45) is 5.92 Å². The van der Waals surface area contributed by atoms with Crippen LogP contribution in [0.1, 0.15) is 18.2 Å². The molecule has 0 bridgehead atoms. The summed E-state index contributed by atoms with van der Waals surface area (Å²) in [5, 5.41) is 17.4. The van der Waals surface area contributed by atoms with Gasteiger partial charge in [0.25, 0.3) is 0 Å². The zero-order valence-electron chi connectivity index (χ0n) is 11.0. The van der Waals surface area contributed by atoms with Crippen molar-refractivity contribution in [1.82, 2.24) is 10.6 Å². The first-order chi connectivity index (χ1) is 8.65. The van der Waals surface area contributed by atoms with Crippen molar-refractivity contribution in [3.8, 4) is 0 Å². The Kier molecular flexibility index (Phi) is 6.79. The number of aliphatic hydroxyl groups is 1. The molecule has 0 spiro atoms. The van der Waals surface area contributed by atoms with Crippen molar-refractivity contribution in [2.45, 2.75) is 31.9 Å². The topological polar surface area (TPSA) is 61.4 Å². The van der Waals surface area contributed by atoms with Gasteiger partial charge in [0.1, 0.15) is 0 Å². The van der Waals surface area contributed by atoms with Gasteiger partial charge in [-0.3, -0.25) is 4.79 Å². The first-order valence-corrected chi connectivity index (χ1v) is 7.24. The van der Waals surface area contributed by atoms with Crippen molar-refractivity contribution >= 4 is 29.7 Å². The minimum absolute atomic E-state index is 0. The van der Waals surface area contributed by atoms with Gasteiger partial charge in [0.15, 0.2) is 0 Å². The third-order valence-corrected chi connectivity index (χ3v) is 4.08. The molecule has 1 aromatic rings. The maximum atomic E-state index is 11.8. The van der Waals surface area contributed by atoms with Gasteiger partial charge in [-0.2, -0.15) is 0 Å². The Hall–Kier alpha value is -0.620. The molecule has 0 saturated carbocycles. The number of halogens is 1. The Morgan fingerprint density at radius 2 is 2.47 bits per heavy atom. The SMILES string of the molecule is CC(CNC(=O)C1CC(O)CN1)Cc1cccs1.Cl. The molecule has 0 aliphatic carbocycles. The number of amides is 1. The van der Waals surface area contributed by atoms with Crippen LogP contribution in [0.3, 0.4) is 0 Å². The van der Waals surface area contributed by atoms with Gasteiger partial charge in [-0.25, -0.2) is 0 Å². The Morgan fingerprint density at radius 3 is 3.05 bits per heavy atom. The van der Waals surface area contributed by atoms with Crippen molar-refractivity contribution in [2.75, 3.05) is 13.1 Å². The smallest absolute Gasteiger partial charge is 0.237 e. The van der Waals surface area contributed by atoms with Crippen molar-refractivity contribution < 1.29 is 9.90 Å². The normalized spacial score (nSPS) is 23.7. The van der Waals surface area contributed by atoms with Crippen LogP contribution >= 0.6 is 23.7 Å². The van der Waals surface area contributed by atoms with Gasteiger partial charge in [0.2, 0.25) is 5.91 Å². The summed E-state index contributed by atoms with van der Waals surface area (Å²) in [6, 6.07) is 3.95. The lowest BCUT2D eigenvalue weighted by molar-refractivity contribution is -0.123. The van der Waals surface area contributed by atoms with E-state index in [1.165, 1.54) is 4.88 Å². The summed E-state index contributed by atoms with van der Waals surface area (Å²) < 4.78 is 0. The number of β-amino-alcohol motifs (C(OH)–C–C–N with tert-alkyl or cyclic N) is 1. The van der Waals surface area contributed by atoms with Crippen LogP contribution in [0.5, 0.6) is 0 Å². The predicted octanol–water partition coefficient (Wildman–Crippen LogP) is 1.19. The number of thiophene rings is 1. The quantitative estimate of drug-likeness (QED) is 0.766. The number of nitrogens with one attached hydrogen (secondary N) is 2. The van der Waals surface area contributed by atoms with E-state index in [0.29, 0.717) is 25.4 Å². The van der Waals surface area contributed by atoms with Gasteiger partial charge in [0, 0.05) is 18.0 Å². The number of hydrogen-bond acceptors (Lipinski definition) is 4. The van der Waals surface area contributed by atoms with E-state index < -0.39 is 0 Å². The van der Waals surface area contributed by atoms with E-state index in [1.54, 1.807) is 11.3 Å². The van der Waals surface area contributed by atoms with E-state index in [0.717, 1.165) is 6.42 Å². The highest BCUT2D eigenvalue weighted by molar-refractivity contribution is 7.09. The fourth-order valence-corrected chi connectivity index (χ4v) is 3.03. The molecule has 1 fully saturated rings. The van der Waals surface area contributed by atoms with Crippen LogP contribution in [0, 0.1) is 5.92 Å². The van der Waals surface area contributed by atoms with Gasteiger partial charge < -0.3 is 15.7 Å². The molecule has 108 valence electrons. The van der Waals surface area contributed by atoms with E-state index in [9.17, 15) is 9.90 Å². The van der Waals surface area contributed by atoms with Crippen LogP contribution in [0.2, 0.25) is 0 Å². The number of carbonyl (C=O) groups excluding carboxylic acids is 1. The number of hydrogen-bond donors (Lipinski definition) is 3. The maximum Gasteiger partial charge on any atom is 0.237 e. The molecule has 3 unspecified atom stereocenters.